The van der Waals surface area contributed by atoms with Crippen LogP contribution in [0.25, 0.3) is 0 Å². The highest BCUT2D eigenvalue weighted by Gasteiger charge is 2.18. The van der Waals surface area contributed by atoms with Crippen molar-refractivity contribution >= 4 is 0 Å². The van der Waals surface area contributed by atoms with Gasteiger partial charge in [-0.15, -0.1) is 0 Å². The Morgan fingerprint density at radius 2 is 1.86 bits per heavy atom. The molecule has 2 aliphatic heterocycles. The van der Waals surface area contributed by atoms with Gasteiger partial charge >= 0.3 is 0 Å². The second-order valence-corrected chi connectivity index (χ2v) is 7.16. The maximum atomic E-state index is 3.83. The van der Waals surface area contributed by atoms with Crippen molar-refractivity contribution in [2.75, 3.05) is 39.3 Å². The number of piperidine rings is 1. The Hall–Kier alpha value is -0.120. The Labute approximate surface area is 132 Å². The number of hydrogen-bond acceptors (Lipinski definition) is 3. The first-order chi connectivity index (χ1) is 10.3. The minimum absolute atomic E-state index is 0.769. The fourth-order valence-electron chi connectivity index (χ4n) is 3.98. The predicted octanol–water partition coefficient (Wildman–Crippen LogP) is 3.11. The molecule has 2 heterocycles. The van der Waals surface area contributed by atoms with Gasteiger partial charge in [0.1, 0.15) is 0 Å². The van der Waals surface area contributed by atoms with Crippen LogP contribution in [-0.2, 0) is 0 Å². The van der Waals surface area contributed by atoms with Crippen molar-refractivity contribution in [2.45, 2.75) is 77.3 Å². The van der Waals surface area contributed by atoms with Crippen molar-refractivity contribution in [3.63, 3.8) is 0 Å². The molecule has 0 spiro atoms. The molecule has 2 saturated heterocycles. The standard InChI is InChI=1S/C18H37N3/c1-3-12-20-13-6-9-18(10-16-20)19-11-7-15-21-14-5-4-8-17(21)2/h17-19H,3-16H2,1-2H3. The topological polar surface area (TPSA) is 18.5 Å². The molecule has 2 atom stereocenters. The highest BCUT2D eigenvalue weighted by molar-refractivity contribution is 4.76. The van der Waals surface area contributed by atoms with Gasteiger partial charge in [0.25, 0.3) is 0 Å². The summed E-state index contributed by atoms with van der Waals surface area (Å²) in [6, 6.07) is 1.59. The van der Waals surface area contributed by atoms with E-state index in [9.17, 15) is 0 Å². The largest absolute Gasteiger partial charge is 0.314 e. The van der Waals surface area contributed by atoms with E-state index in [-0.39, 0.29) is 0 Å². The minimum atomic E-state index is 0.769. The molecule has 0 bridgehead atoms. The molecule has 0 amide bonds. The van der Waals surface area contributed by atoms with Crippen LogP contribution in [0.1, 0.15) is 65.2 Å². The zero-order valence-electron chi connectivity index (χ0n) is 14.4. The second-order valence-electron chi connectivity index (χ2n) is 7.16. The number of hydrogen-bond donors (Lipinski definition) is 1. The highest BCUT2D eigenvalue weighted by Crippen LogP contribution is 2.16. The summed E-state index contributed by atoms with van der Waals surface area (Å²) in [6.45, 7) is 12.4. The third kappa shape index (κ3) is 6.25. The number of nitrogens with one attached hydrogen (secondary N) is 1. The van der Waals surface area contributed by atoms with Gasteiger partial charge in [-0.2, -0.15) is 0 Å². The van der Waals surface area contributed by atoms with Crippen LogP contribution >= 0.6 is 0 Å². The molecule has 21 heavy (non-hydrogen) atoms. The summed E-state index contributed by atoms with van der Waals surface area (Å²) >= 11 is 0. The van der Waals surface area contributed by atoms with Crippen LogP contribution in [0, 0.1) is 0 Å². The van der Waals surface area contributed by atoms with Crippen LogP contribution in [0.2, 0.25) is 0 Å². The number of rotatable bonds is 7. The monoisotopic (exact) mass is 295 g/mol. The van der Waals surface area contributed by atoms with E-state index in [1.807, 2.05) is 0 Å². The fraction of sp³-hybridized carbons (Fsp3) is 1.00. The molecular weight excluding hydrogens is 258 g/mol. The number of nitrogens with zero attached hydrogens (tertiary/aromatic N) is 2. The molecule has 0 saturated carbocycles. The third-order valence-electron chi connectivity index (χ3n) is 5.36. The zero-order chi connectivity index (χ0) is 14.9. The Morgan fingerprint density at radius 3 is 2.67 bits per heavy atom. The second kappa shape index (κ2) is 9.81. The van der Waals surface area contributed by atoms with E-state index in [0.717, 1.165) is 12.1 Å². The average molecular weight is 296 g/mol. The van der Waals surface area contributed by atoms with E-state index >= 15 is 0 Å². The van der Waals surface area contributed by atoms with Crippen molar-refractivity contribution in [2.24, 2.45) is 0 Å². The lowest BCUT2D eigenvalue weighted by atomic mass is 10.0. The van der Waals surface area contributed by atoms with Gasteiger partial charge in [0.15, 0.2) is 0 Å². The summed E-state index contributed by atoms with van der Waals surface area (Å²) in [5, 5.41) is 3.83. The molecule has 0 radical (unpaired) electrons. The Bertz CT molecular complexity index is 269. The summed E-state index contributed by atoms with van der Waals surface area (Å²) in [7, 11) is 0. The van der Waals surface area contributed by atoms with Gasteiger partial charge in [-0.25, -0.2) is 0 Å². The van der Waals surface area contributed by atoms with Crippen LogP contribution in [0.3, 0.4) is 0 Å². The molecule has 3 nitrogen and oxygen atoms in total. The Kier molecular flexibility index (Phi) is 8.05. The van der Waals surface area contributed by atoms with E-state index in [2.05, 4.69) is 29.0 Å². The lowest BCUT2D eigenvalue weighted by Crippen LogP contribution is -2.39. The molecule has 0 aliphatic carbocycles. The molecule has 0 aromatic rings. The first-order valence-corrected chi connectivity index (χ1v) is 9.49. The summed E-state index contributed by atoms with van der Waals surface area (Å²) in [5.74, 6) is 0. The molecule has 124 valence electrons. The number of likely N-dealkylation sites (tertiary alicyclic amines) is 2. The minimum Gasteiger partial charge on any atom is -0.314 e. The van der Waals surface area contributed by atoms with E-state index in [1.54, 1.807) is 0 Å². The Balaban J connectivity index is 1.56. The molecule has 3 heteroatoms. The summed E-state index contributed by atoms with van der Waals surface area (Å²) in [5.41, 5.74) is 0. The summed E-state index contributed by atoms with van der Waals surface area (Å²) in [6.07, 6.45) is 11.0. The van der Waals surface area contributed by atoms with E-state index in [0.29, 0.717) is 0 Å². The molecule has 2 rings (SSSR count). The van der Waals surface area contributed by atoms with Crippen molar-refractivity contribution in [1.82, 2.24) is 15.1 Å². The lowest BCUT2D eigenvalue weighted by Gasteiger charge is -2.33. The Morgan fingerprint density at radius 1 is 0.952 bits per heavy atom. The normalized spacial score (nSPS) is 29.4. The van der Waals surface area contributed by atoms with Crippen molar-refractivity contribution in [1.29, 1.82) is 0 Å². The molecule has 2 fully saturated rings. The van der Waals surface area contributed by atoms with E-state index < -0.39 is 0 Å². The summed E-state index contributed by atoms with van der Waals surface area (Å²) < 4.78 is 0. The SMILES string of the molecule is CCCN1CCCC(NCCCN2CCCCC2C)CC1. The first-order valence-electron chi connectivity index (χ1n) is 9.49. The van der Waals surface area contributed by atoms with Crippen LogP contribution < -0.4 is 5.32 Å². The van der Waals surface area contributed by atoms with Gasteiger partial charge < -0.3 is 15.1 Å². The molecule has 2 aliphatic rings. The molecule has 2 unspecified atom stereocenters. The van der Waals surface area contributed by atoms with Crippen LogP contribution in [-0.4, -0.2) is 61.2 Å². The molecule has 1 N–H and O–H groups in total. The lowest BCUT2D eigenvalue weighted by molar-refractivity contribution is 0.158. The van der Waals surface area contributed by atoms with Gasteiger partial charge in [0.2, 0.25) is 0 Å². The third-order valence-corrected chi connectivity index (χ3v) is 5.36. The van der Waals surface area contributed by atoms with Crippen molar-refractivity contribution < 1.29 is 0 Å². The van der Waals surface area contributed by atoms with E-state index in [4.69, 9.17) is 0 Å². The molecule has 0 aromatic carbocycles. The molecule has 0 aromatic heterocycles. The van der Waals surface area contributed by atoms with Gasteiger partial charge in [-0.1, -0.05) is 13.3 Å². The van der Waals surface area contributed by atoms with Crippen LogP contribution in [0.5, 0.6) is 0 Å². The highest BCUT2D eigenvalue weighted by atomic mass is 15.2. The quantitative estimate of drug-likeness (QED) is 0.728. The average Bonchev–Trinajstić information content (AvgIpc) is 2.71. The summed E-state index contributed by atoms with van der Waals surface area (Å²) in [4.78, 5) is 5.35. The van der Waals surface area contributed by atoms with Gasteiger partial charge in [-0.3, -0.25) is 0 Å². The van der Waals surface area contributed by atoms with Crippen LogP contribution in [0.4, 0.5) is 0 Å². The first kappa shape index (κ1) is 17.2. The smallest absolute Gasteiger partial charge is 0.00797 e. The maximum absolute atomic E-state index is 3.83. The van der Waals surface area contributed by atoms with E-state index in [1.165, 1.54) is 90.6 Å². The fourth-order valence-corrected chi connectivity index (χ4v) is 3.98. The van der Waals surface area contributed by atoms with Gasteiger partial charge in [-0.05, 0) is 91.1 Å². The maximum Gasteiger partial charge on any atom is 0.00797 e. The van der Waals surface area contributed by atoms with Crippen molar-refractivity contribution in [3.8, 4) is 0 Å². The van der Waals surface area contributed by atoms with Crippen LogP contribution in [0.15, 0.2) is 0 Å². The predicted molar refractivity (Wildman–Crippen MR) is 91.9 cm³/mol. The van der Waals surface area contributed by atoms with Gasteiger partial charge in [0.05, 0.1) is 0 Å². The van der Waals surface area contributed by atoms with Gasteiger partial charge in [0, 0.05) is 12.1 Å². The molecular formula is C18H37N3. The van der Waals surface area contributed by atoms with Crippen molar-refractivity contribution in [3.05, 3.63) is 0 Å². The zero-order valence-corrected chi connectivity index (χ0v) is 14.4.